The summed E-state index contributed by atoms with van der Waals surface area (Å²) in [5, 5.41) is 3.28. The maximum absolute atomic E-state index is 5.42. The van der Waals surface area contributed by atoms with Gasteiger partial charge >= 0.3 is 0 Å². The Hall–Kier alpha value is -0.160. The molecule has 4 heteroatoms. The second kappa shape index (κ2) is 11.9. The van der Waals surface area contributed by atoms with E-state index in [2.05, 4.69) is 5.32 Å². The van der Waals surface area contributed by atoms with Crippen LogP contribution in [0.2, 0.25) is 0 Å². The van der Waals surface area contributed by atoms with Crippen LogP contribution in [0.15, 0.2) is 0 Å². The molecule has 1 N–H and O–H groups in total. The second-order valence-electron chi connectivity index (χ2n) is 3.08. The lowest BCUT2D eigenvalue weighted by Crippen LogP contribution is -2.27. The molecule has 0 heterocycles. The van der Waals surface area contributed by atoms with Gasteiger partial charge in [0.05, 0.1) is 6.61 Å². The van der Waals surface area contributed by atoms with Crippen LogP contribution in [0.5, 0.6) is 0 Å². The lowest BCUT2D eigenvalue weighted by molar-refractivity contribution is -0.138. The fourth-order valence-electron chi connectivity index (χ4n) is 1.22. The van der Waals surface area contributed by atoms with E-state index in [1.54, 1.807) is 0 Å². The Morgan fingerprint density at radius 1 is 0.933 bits per heavy atom. The van der Waals surface area contributed by atoms with Crippen LogP contribution in [0.1, 0.15) is 27.2 Å². The zero-order chi connectivity index (χ0) is 11.4. The van der Waals surface area contributed by atoms with Gasteiger partial charge in [0, 0.05) is 39.3 Å². The third kappa shape index (κ3) is 10.1. The Bertz CT molecular complexity index is 116. The van der Waals surface area contributed by atoms with E-state index in [0.29, 0.717) is 13.2 Å². The van der Waals surface area contributed by atoms with Crippen LogP contribution in [-0.4, -0.2) is 45.8 Å². The van der Waals surface area contributed by atoms with Crippen LogP contribution < -0.4 is 5.32 Å². The van der Waals surface area contributed by atoms with Crippen molar-refractivity contribution >= 4 is 0 Å². The Morgan fingerprint density at radius 2 is 1.60 bits per heavy atom. The summed E-state index contributed by atoms with van der Waals surface area (Å²) < 4.78 is 16.0. The predicted octanol–water partition coefficient (Wildman–Crippen LogP) is 1.40. The van der Waals surface area contributed by atoms with Crippen molar-refractivity contribution in [3.05, 3.63) is 0 Å². The molecule has 0 aromatic rings. The molecule has 0 rings (SSSR count). The Labute approximate surface area is 93.3 Å². The minimum Gasteiger partial charge on any atom is -0.380 e. The number of hydrogen-bond donors (Lipinski definition) is 1. The predicted molar refractivity (Wildman–Crippen MR) is 61.0 cm³/mol. The monoisotopic (exact) mass is 219 g/mol. The summed E-state index contributed by atoms with van der Waals surface area (Å²) in [6, 6.07) is 0. The molecule has 0 aliphatic heterocycles. The van der Waals surface area contributed by atoms with Crippen LogP contribution in [0.3, 0.4) is 0 Å². The topological polar surface area (TPSA) is 39.7 Å². The molecule has 0 saturated heterocycles. The van der Waals surface area contributed by atoms with Crippen molar-refractivity contribution in [3.63, 3.8) is 0 Å². The molecule has 0 aromatic carbocycles. The van der Waals surface area contributed by atoms with Crippen molar-refractivity contribution in [2.24, 2.45) is 0 Å². The van der Waals surface area contributed by atoms with E-state index in [0.717, 1.165) is 32.7 Å². The van der Waals surface area contributed by atoms with Crippen LogP contribution in [0.25, 0.3) is 0 Å². The highest BCUT2D eigenvalue weighted by atomic mass is 16.7. The Morgan fingerprint density at radius 3 is 2.13 bits per heavy atom. The van der Waals surface area contributed by atoms with E-state index in [9.17, 15) is 0 Å². The van der Waals surface area contributed by atoms with Gasteiger partial charge in [0.2, 0.25) is 0 Å². The van der Waals surface area contributed by atoms with Crippen molar-refractivity contribution in [3.8, 4) is 0 Å². The fourth-order valence-corrected chi connectivity index (χ4v) is 1.22. The summed E-state index contributed by atoms with van der Waals surface area (Å²) in [7, 11) is 0. The van der Waals surface area contributed by atoms with Gasteiger partial charge in [-0.05, 0) is 20.8 Å². The summed E-state index contributed by atoms with van der Waals surface area (Å²) in [5.41, 5.74) is 0. The minimum absolute atomic E-state index is 0.0698. The van der Waals surface area contributed by atoms with Crippen molar-refractivity contribution in [1.82, 2.24) is 5.32 Å². The Balaban J connectivity index is 3.28. The highest BCUT2D eigenvalue weighted by Gasteiger charge is 2.06. The summed E-state index contributed by atoms with van der Waals surface area (Å²) in [6.07, 6.45) is 0.813. The molecule has 0 aliphatic carbocycles. The number of hydrogen-bond acceptors (Lipinski definition) is 4. The maximum Gasteiger partial charge on any atom is 0.158 e. The summed E-state index contributed by atoms with van der Waals surface area (Å²) in [4.78, 5) is 0. The van der Waals surface area contributed by atoms with Crippen LogP contribution in [0, 0.1) is 0 Å². The summed E-state index contributed by atoms with van der Waals surface area (Å²) in [6.45, 7) is 10.7. The first-order chi connectivity index (χ1) is 7.35. The number of nitrogens with one attached hydrogen (secondary N) is 1. The molecule has 0 aromatic heterocycles. The number of rotatable bonds is 11. The van der Waals surface area contributed by atoms with E-state index in [1.165, 1.54) is 0 Å². The van der Waals surface area contributed by atoms with Crippen LogP contribution >= 0.6 is 0 Å². The van der Waals surface area contributed by atoms with Gasteiger partial charge in [-0.25, -0.2) is 0 Å². The average molecular weight is 219 g/mol. The SMILES string of the molecule is CCOCCNCCC(OCC)OCC. The van der Waals surface area contributed by atoms with E-state index in [-0.39, 0.29) is 6.29 Å². The first kappa shape index (κ1) is 14.8. The van der Waals surface area contributed by atoms with Gasteiger partial charge in [-0.1, -0.05) is 0 Å². The molecular formula is C11H25NO3. The zero-order valence-electron chi connectivity index (χ0n) is 10.3. The molecule has 0 unspecified atom stereocenters. The molecule has 4 nitrogen and oxygen atoms in total. The third-order valence-corrected chi connectivity index (χ3v) is 1.89. The van der Waals surface area contributed by atoms with Crippen molar-refractivity contribution < 1.29 is 14.2 Å². The molecule has 0 bridgehead atoms. The van der Waals surface area contributed by atoms with Crippen LogP contribution in [-0.2, 0) is 14.2 Å². The molecule has 0 saturated carbocycles. The molecule has 0 fully saturated rings. The van der Waals surface area contributed by atoms with Gasteiger partial charge in [-0.2, -0.15) is 0 Å². The average Bonchev–Trinajstić information content (AvgIpc) is 2.24. The zero-order valence-corrected chi connectivity index (χ0v) is 10.3. The maximum atomic E-state index is 5.42. The highest BCUT2D eigenvalue weighted by Crippen LogP contribution is 1.99. The van der Waals surface area contributed by atoms with E-state index >= 15 is 0 Å². The molecule has 0 atom stereocenters. The van der Waals surface area contributed by atoms with E-state index in [4.69, 9.17) is 14.2 Å². The second-order valence-corrected chi connectivity index (χ2v) is 3.08. The Kier molecular flexibility index (Phi) is 11.8. The largest absolute Gasteiger partial charge is 0.380 e. The summed E-state index contributed by atoms with van der Waals surface area (Å²) >= 11 is 0. The number of ether oxygens (including phenoxy) is 3. The normalized spacial score (nSPS) is 11.2. The van der Waals surface area contributed by atoms with Gasteiger partial charge in [-0.15, -0.1) is 0 Å². The minimum atomic E-state index is -0.0698. The first-order valence-electron chi connectivity index (χ1n) is 5.86. The fraction of sp³-hybridized carbons (Fsp3) is 1.00. The summed E-state index contributed by atoms with van der Waals surface area (Å²) in [5.74, 6) is 0. The molecule has 0 spiro atoms. The molecule has 0 aliphatic rings. The molecule has 0 radical (unpaired) electrons. The van der Waals surface area contributed by atoms with Gasteiger partial charge in [-0.3, -0.25) is 0 Å². The van der Waals surface area contributed by atoms with Crippen molar-refractivity contribution in [2.75, 3.05) is 39.5 Å². The third-order valence-electron chi connectivity index (χ3n) is 1.89. The quantitative estimate of drug-likeness (QED) is 0.421. The van der Waals surface area contributed by atoms with E-state index < -0.39 is 0 Å². The van der Waals surface area contributed by atoms with Crippen molar-refractivity contribution in [2.45, 2.75) is 33.5 Å². The first-order valence-corrected chi connectivity index (χ1v) is 5.86. The molecule has 15 heavy (non-hydrogen) atoms. The van der Waals surface area contributed by atoms with Gasteiger partial charge < -0.3 is 19.5 Å². The smallest absolute Gasteiger partial charge is 0.158 e. The lowest BCUT2D eigenvalue weighted by atomic mass is 10.4. The van der Waals surface area contributed by atoms with Gasteiger partial charge in [0.15, 0.2) is 6.29 Å². The van der Waals surface area contributed by atoms with Gasteiger partial charge in [0.1, 0.15) is 0 Å². The van der Waals surface area contributed by atoms with Crippen LogP contribution in [0.4, 0.5) is 0 Å². The standard InChI is InChI=1S/C11H25NO3/c1-4-13-10-9-12-8-7-11(14-5-2)15-6-3/h11-12H,4-10H2,1-3H3. The highest BCUT2D eigenvalue weighted by molar-refractivity contribution is 4.51. The molecule has 0 amide bonds. The molecular weight excluding hydrogens is 194 g/mol. The van der Waals surface area contributed by atoms with E-state index in [1.807, 2.05) is 20.8 Å². The van der Waals surface area contributed by atoms with Crippen molar-refractivity contribution in [1.29, 1.82) is 0 Å². The molecule has 92 valence electrons. The lowest BCUT2D eigenvalue weighted by Gasteiger charge is -2.16. The van der Waals surface area contributed by atoms with Gasteiger partial charge in [0.25, 0.3) is 0 Å².